The second kappa shape index (κ2) is 9.13. The maximum absolute atomic E-state index is 11.6. The van der Waals surface area contributed by atoms with Gasteiger partial charge in [0.25, 0.3) is 0 Å². The molecule has 0 unspecified atom stereocenters. The first kappa shape index (κ1) is 16.2. The lowest BCUT2D eigenvalue weighted by atomic mass is 9.92. The zero-order valence-electron chi connectivity index (χ0n) is 12.2. The van der Waals surface area contributed by atoms with Gasteiger partial charge in [0.2, 0.25) is 0 Å². The van der Waals surface area contributed by atoms with Crippen LogP contribution in [0.3, 0.4) is 0 Å². The third-order valence-corrected chi connectivity index (χ3v) is 3.49. The van der Waals surface area contributed by atoms with Crippen molar-refractivity contribution in [1.82, 2.24) is 5.32 Å². The summed E-state index contributed by atoms with van der Waals surface area (Å²) in [6, 6.07) is 9.57. The van der Waals surface area contributed by atoms with Crippen LogP contribution in [0, 0.1) is 11.8 Å². The van der Waals surface area contributed by atoms with Gasteiger partial charge < -0.3 is 14.8 Å². The highest BCUT2D eigenvalue weighted by Crippen LogP contribution is 2.15. The summed E-state index contributed by atoms with van der Waals surface area (Å²) >= 11 is 0. The van der Waals surface area contributed by atoms with E-state index in [9.17, 15) is 9.59 Å². The number of ether oxygens (including phenoxy) is 1. The molecule has 0 aliphatic rings. The van der Waals surface area contributed by atoms with Crippen LogP contribution in [0.2, 0.25) is 0 Å². The van der Waals surface area contributed by atoms with Gasteiger partial charge in [0.15, 0.2) is 0 Å². The van der Waals surface area contributed by atoms with E-state index < -0.39 is 6.09 Å². The van der Waals surface area contributed by atoms with Crippen molar-refractivity contribution in [3.8, 4) is 0 Å². The van der Waals surface area contributed by atoms with Gasteiger partial charge in [-0.05, 0) is 23.8 Å². The third kappa shape index (κ3) is 6.36. The fraction of sp³-hybridized carbons (Fsp3) is 0.500. The Balaban J connectivity index is 2.20. The van der Waals surface area contributed by atoms with Gasteiger partial charge in [-0.15, -0.1) is 0 Å². The molecule has 4 heteroatoms. The number of nitrogens with one attached hydrogen (secondary N) is 1. The van der Waals surface area contributed by atoms with Crippen molar-refractivity contribution in [3.63, 3.8) is 0 Å². The summed E-state index contributed by atoms with van der Waals surface area (Å²) < 4.78 is 5.13. The smallest absolute Gasteiger partial charge is 0.407 e. The second-order valence-corrected chi connectivity index (χ2v) is 5.14. The predicted molar refractivity (Wildman–Crippen MR) is 78.3 cm³/mol. The number of rotatable bonds is 8. The quantitative estimate of drug-likeness (QED) is 0.743. The molecule has 0 fully saturated rings. The van der Waals surface area contributed by atoms with E-state index in [1.54, 1.807) is 0 Å². The molecule has 0 heterocycles. The van der Waals surface area contributed by atoms with Gasteiger partial charge >= 0.3 is 6.09 Å². The van der Waals surface area contributed by atoms with E-state index in [1.807, 2.05) is 30.3 Å². The van der Waals surface area contributed by atoms with E-state index in [4.69, 9.17) is 4.74 Å². The van der Waals surface area contributed by atoms with Crippen molar-refractivity contribution >= 4 is 12.4 Å². The van der Waals surface area contributed by atoms with Crippen LogP contribution in [0.25, 0.3) is 0 Å². The van der Waals surface area contributed by atoms with Crippen LogP contribution in [0.15, 0.2) is 30.3 Å². The largest absolute Gasteiger partial charge is 0.445 e. The summed E-state index contributed by atoms with van der Waals surface area (Å²) in [4.78, 5) is 21.9. The maximum Gasteiger partial charge on any atom is 0.407 e. The van der Waals surface area contributed by atoms with E-state index in [1.165, 1.54) is 0 Å². The highest BCUT2D eigenvalue weighted by Gasteiger charge is 2.13. The van der Waals surface area contributed by atoms with Gasteiger partial charge in [0, 0.05) is 13.0 Å². The fourth-order valence-corrected chi connectivity index (χ4v) is 1.84. The average Bonchev–Trinajstić information content (AvgIpc) is 2.49. The van der Waals surface area contributed by atoms with Crippen LogP contribution in [0.1, 0.15) is 32.3 Å². The van der Waals surface area contributed by atoms with Crippen molar-refractivity contribution < 1.29 is 14.3 Å². The standard InChI is InChI=1S/C16H23NO3/c1-13(7-6-10-18)14(2)11-17-16(19)20-12-15-8-4-3-5-9-15/h3-5,8-10,13-14H,6-7,11-12H2,1-2H3,(H,17,19)/t13-,14-/m0/s1. The molecular weight excluding hydrogens is 254 g/mol. The predicted octanol–water partition coefficient (Wildman–Crippen LogP) is 3.16. The van der Waals surface area contributed by atoms with Crippen molar-refractivity contribution in [3.05, 3.63) is 35.9 Å². The summed E-state index contributed by atoms with van der Waals surface area (Å²) in [7, 11) is 0. The molecule has 1 rings (SSSR count). The zero-order chi connectivity index (χ0) is 14.8. The molecule has 0 saturated heterocycles. The van der Waals surface area contributed by atoms with Crippen molar-refractivity contribution in [2.45, 2.75) is 33.3 Å². The number of alkyl carbamates (subject to hydrolysis) is 1. The summed E-state index contributed by atoms with van der Waals surface area (Å²) in [5, 5.41) is 2.76. The second-order valence-electron chi connectivity index (χ2n) is 5.14. The Hall–Kier alpha value is -1.84. The highest BCUT2D eigenvalue weighted by atomic mass is 16.5. The molecular formula is C16H23NO3. The van der Waals surface area contributed by atoms with Gasteiger partial charge in [-0.2, -0.15) is 0 Å². The molecule has 0 aliphatic heterocycles. The number of amides is 1. The van der Waals surface area contributed by atoms with E-state index in [0.29, 0.717) is 24.8 Å². The number of hydrogen-bond donors (Lipinski definition) is 1. The molecule has 1 N–H and O–H groups in total. The molecule has 0 radical (unpaired) electrons. The molecule has 1 aromatic rings. The monoisotopic (exact) mass is 277 g/mol. The molecule has 1 aromatic carbocycles. The van der Waals surface area contributed by atoms with Crippen LogP contribution in [-0.2, 0) is 16.1 Å². The Bertz CT molecular complexity index is 405. The summed E-state index contributed by atoms with van der Waals surface area (Å²) in [6.07, 6.45) is 1.96. The minimum Gasteiger partial charge on any atom is -0.445 e. The van der Waals surface area contributed by atoms with Gasteiger partial charge in [-0.3, -0.25) is 0 Å². The number of carbonyl (C=O) groups is 2. The maximum atomic E-state index is 11.6. The van der Waals surface area contributed by atoms with Crippen molar-refractivity contribution in [2.75, 3.05) is 6.54 Å². The van der Waals surface area contributed by atoms with Crippen LogP contribution < -0.4 is 5.32 Å². The van der Waals surface area contributed by atoms with E-state index in [2.05, 4.69) is 19.2 Å². The van der Waals surface area contributed by atoms with Gasteiger partial charge in [-0.1, -0.05) is 44.2 Å². The number of aldehydes is 1. The first-order chi connectivity index (χ1) is 9.63. The molecule has 110 valence electrons. The van der Waals surface area contributed by atoms with Gasteiger partial charge in [-0.25, -0.2) is 4.79 Å². The number of hydrogen-bond acceptors (Lipinski definition) is 3. The molecule has 1 amide bonds. The number of benzene rings is 1. The molecule has 0 spiro atoms. The van der Waals surface area contributed by atoms with Crippen LogP contribution >= 0.6 is 0 Å². The molecule has 4 nitrogen and oxygen atoms in total. The topological polar surface area (TPSA) is 55.4 Å². The molecule has 0 saturated carbocycles. The Kier molecular flexibility index (Phi) is 7.40. The van der Waals surface area contributed by atoms with Crippen LogP contribution in [0.5, 0.6) is 0 Å². The van der Waals surface area contributed by atoms with Gasteiger partial charge in [0.05, 0.1) is 0 Å². The molecule has 2 atom stereocenters. The van der Waals surface area contributed by atoms with E-state index in [-0.39, 0.29) is 6.61 Å². The lowest BCUT2D eigenvalue weighted by Gasteiger charge is -2.19. The lowest BCUT2D eigenvalue weighted by molar-refractivity contribution is -0.108. The minimum atomic E-state index is -0.400. The lowest BCUT2D eigenvalue weighted by Crippen LogP contribution is -2.31. The first-order valence-electron chi connectivity index (χ1n) is 7.01. The fourth-order valence-electron chi connectivity index (χ4n) is 1.84. The summed E-state index contributed by atoms with van der Waals surface area (Å²) in [5.74, 6) is 0.717. The van der Waals surface area contributed by atoms with Crippen molar-refractivity contribution in [1.29, 1.82) is 0 Å². The molecule has 0 bridgehead atoms. The summed E-state index contributed by atoms with van der Waals surface area (Å²) in [5.41, 5.74) is 0.968. The summed E-state index contributed by atoms with van der Waals surface area (Å²) in [6.45, 7) is 4.99. The van der Waals surface area contributed by atoms with Gasteiger partial charge in [0.1, 0.15) is 12.9 Å². The SMILES string of the molecule is C[C@@H](CCC=O)[C@@H](C)CNC(=O)OCc1ccccc1. The van der Waals surface area contributed by atoms with Crippen LogP contribution in [-0.4, -0.2) is 18.9 Å². The Morgan fingerprint density at radius 1 is 1.25 bits per heavy atom. The molecule has 0 aliphatic carbocycles. The Labute approximate surface area is 120 Å². The van der Waals surface area contributed by atoms with Crippen LogP contribution in [0.4, 0.5) is 4.79 Å². The molecule has 20 heavy (non-hydrogen) atoms. The van der Waals surface area contributed by atoms with E-state index in [0.717, 1.165) is 18.3 Å². The Morgan fingerprint density at radius 2 is 1.95 bits per heavy atom. The minimum absolute atomic E-state index is 0.280. The van der Waals surface area contributed by atoms with E-state index >= 15 is 0 Å². The highest BCUT2D eigenvalue weighted by molar-refractivity contribution is 5.67. The molecule has 0 aromatic heterocycles. The normalized spacial score (nSPS) is 13.3. The van der Waals surface area contributed by atoms with Crippen molar-refractivity contribution in [2.24, 2.45) is 11.8 Å². The first-order valence-corrected chi connectivity index (χ1v) is 7.01. The Morgan fingerprint density at radius 3 is 2.60 bits per heavy atom. The number of carbonyl (C=O) groups excluding carboxylic acids is 2. The third-order valence-electron chi connectivity index (χ3n) is 3.49. The average molecular weight is 277 g/mol. The zero-order valence-corrected chi connectivity index (χ0v) is 12.2.